The second kappa shape index (κ2) is 11.0. The molecule has 166 valence electrons. The third kappa shape index (κ3) is 9.81. The smallest absolute Gasteiger partial charge is 0.126 e. The summed E-state index contributed by atoms with van der Waals surface area (Å²) >= 11 is 1.97. The summed E-state index contributed by atoms with van der Waals surface area (Å²) in [7, 11) is 0. The number of thioether (sulfide) groups is 1. The lowest BCUT2D eigenvalue weighted by Gasteiger charge is -2.24. The van der Waals surface area contributed by atoms with Crippen molar-refractivity contribution in [1.29, 1.82) is 0 Å². The summed E-state index contributed by atoms with van der Waals surface area (Å²) in [4.78, 5) is 12.1. The zero-order chi connectivity index (χ0) is 22.2. The van der Waals surface area contributed by atoms with Gasteiger partial charge in [-0.2, -0.15) is 11.8 Å². The van der Waals surface area contributed by atoms with Crippen LogP contribution in [-0.4, -0.2) is 44.0 Å². The maximum atomic E-state index is 4.84. The molecule has 0 radical (unpaired) electrons. The molecule has 0 aliphatic carbocycles. The quantitative estimate of drug-likeness (QED) is 0.476. The SMILES string of the molecule is CCSCCN(Cc1cccc(NC(C)(C)C)n1)Cc1cccc(NC(C)(C)C)n1. The number of nitrogens with zero attached hydrogens (tertiary/aromatic N) is 3. The van der Waals surface area contributed by atoms with E-state index in [9.17, 15) is 0 Å². The Morgan fingerprint density at radius 3 is 1.67 bits per heavy atom. The van der Waals surface area contributed by atoms with Crippen molar-refractivity contribution in [3.8, 4) is 0 Å². The highest BCUT2D eigenvalue weighted by Gasteiger charge is 2.14. The Labute approximate surface area is 187 Å². The molecular formula is C24H39N5S. The number of nitrogens with one attached hydrogen (secondary N) is 2. The number of hydrogen-bond acceptors (Lipinski definition) is 6. The number of rotatable bonds is 10. The van der Waals surface area contributed by atoms with Gasteiger partial charge in [-0.1, -0.05) is 19.1 Å². The molecule has 0 fully saturated rings. The molecule has 0 saturated heterocycles. The van der Waals surface area contributed by atoms with Gasteiger partial charge in [0, 0.05) is 36.5 Å². The van der Waals surface area contributed by atoms with Gasteiger partial charge in [0.1, 0.15) is 11.6 Å². The second-order valence-electron chi connectivity index (χ2n) is 9.69. The van der Waals surface area contributed by atoms with Crippen molar-refractivity contribution >= 4 is 23.4 Å². The zero-order valence-electron chi connectivity index (χ0n) is 19.7. The van der Waals surface area contributed by atoms with Crippen LogP contribution >= 0.6 is 11.8 Å². The third-order valence-electron chi connectivity index (χ3n) is 4.15. The summed E-state index contributed by atoms with van der Waals surface area (Å²) in [5, 5.41) is 6.94. The van der Waals surface area contributed by atoms with Crippen LogP contribution in [0.25, 0.3) is 0 Å². The van der Waals surface area contributed by atoms with Crippen molar-refractivity contribution in [3.63, 3.8) is 0 Å². The van der Waals surface area contributed by atoms with Crippen LogP contribution in [0.4, 0.5) is 11.6 Å². The fourth-order valence-corrected chi connectivity index (χ4v) is 3.73. The molecule has 5 nitrogen and oxygen atoms in total. The summed E-state index contributed by atoms with van der Waals surface area (Å²) < 4.78 is 0. The Hall–Kier alpha value is -1.79. The highest BCUT2D eigenvalue weighted by Crippen LogP contribution is 2.17. The van der Waals surface area contributed by atoms with Gasteiger partial charge in [0.25, 0.3) is 0 Å². The molecule has 0 aliphatic heterocycles. The maximum absolute atomic E-state index is 4.84. The Bertz CT molecular complexity index is 718. The fraction of sp³-hybridized carbons (Fsp3) is 0.583. The lowest BCUT2D eigenvalue weighted by Crippen LogP contribution is -2.29. The first-order valence-electron chi connectivity index (χ1n) is 10.8. The predicted molar refractivity (Wildman–Crippen MR) is 132 cm³/mol. The minimum atomic E-state index is -0.00646. The maximum Gasteiger partial charge on any atom is 0.126 e. The van der Waals surface area contributed by atoms with E-state index in [1.807, 2.05) is 23.9 Å². The first-order valence-corrected chi connectivity index (χ1v) is 12.0. The molecule has 0 aliphatic rings. The van der Waals surface area contributed by atoms with Crippen molar-refractivity contribution in [2.45, 2.75) is 72.6 Å². The minimum absolute atomic E-state index is 0.00646. The van der Waals surface area contributed by atoms with Crippen molar-refractivity contribution in [2.24, 2.45) is 0 Å². The molecule has 2 N–H and O–H groups in total. The van der Waals surface area contributed by atoms with E-state index in [-0.39, 0.29) is 11.1 Å². The highest BCUT2D eigenvalue weighted by atomic mass is 32.2. The van der Waals surface area contributed by atoms with E-state index >= 15 is 0 Å². The normalized spacial score (nSPS) is 12.3. The lowest BCUT2D eigenvalue weighted by atomic mass is 10.1. The molecule has 0 atom stereocenters. The van der Waals surface area contributed by atoms with Gasteiger partial charge in [0.15, 0.2) is 0 Å². The van der Waals surface area contributed by atoms with E-state index in [2.05, 4.69) is 88.3 Å². The summed E-state index contributed by atoms with van der Waals surface area (Å²) in [6.07, 6.45) is 0. The van der Waals surface area contributed by atoms with E-state index in [1.54, 1.807) is 0 Å². The average Bonchev–Trinajstić information content (AvgIpc) is 2.59. The minimum Gasteiger partial charge on any atom is -0.365 e. The van der Waals surface area contributed by atoms with E-state index in [0.717, 1.165) is 54.2 Å². The number of aromatic nitrogens is 2. The number of hydrogen-bond donors (Lipinski definition) is 2. The van der Waals surface area contributed by atoms with Gasteiger partial charge in [-0.05, 0) is 71.6 Å². The third-order valence-corrected chi connectivity index (χ3v) is 5.03. The zero-order valence-corrected chi connectivity index (χ0v) is 20.6. The van der Waals surface area contributed by atoms with E-state index < -0.39 is 0 Å². The molecule has 2 rings (SSSR count). The van der Waals surface area contributed by atoms with Crippen LogP contribution in [0.5, 0.6) is 0 Å². The largest absolute Gasteiger partial charge is 0.365 e. The van der Waals surface area contributed by atoms with Crippen molar-refractivity contribution in [1.82, 2.24) is 14.9 Å². The molecular weight excluding hydrogens is 390 g/mol. The van der Waals surface area contributed by atoms with E-state index in [1.165, 1.54) is 0 Å². The van der Waals surface area contributed by atoms with Crippen LogP contribution in [0.3, 0.4) is 0 Å². The van der Waals surface area contributed by atoms with Gasteiger partial charge in [0.05, 0.1) is 11.4 Å². The average molecular weight is 430 g/mol. The molecule has 0 amide bonds. The van der Waals surface area contributed by atoms with Gasteiger partial charge in [-0.15, -0.1) is 0 Å². The van der Waals surface area contributed by atoms with Gasteiger partial charge in [-0.3, -0.25) is 4.90 Å². The van der Waals surface area contributed by atoms with Crippen LogP contribution in [0, 0.1) is 0 Å². The summed E-state index contributed by atoms with van der Waals surface area (Å²) in [6.45, 7) is 17.8. The molecule has 30 heavy (non-hydrogen) atoms. The van der Waals surface area contributed by atoms with Gasteiger partial charge < -0.3 is 10.6 Å². The van der Waals surface area contributed by atoms with Crippen molar-refractivity contribution < 1.29 is 0 Å². The van der Waals surface area contributed by atoms with Crippen molar-refractivity contribution in [3.05, 3.63) is 47.8 Å². The molecule has 2 aromatic heterocycles. The Morgan fingerprint density at radius 2 is 1.27 bits per heavy atom. The van der Waals surface area contributed by atoms with Crippen LogP contribution in [0.15, 0.2) is 36.4 Å². The summed E-state index contributed by atoms with van der Waals surface area (Å²) in [5.41, 5.74) is 2.14. The molecule has 0 saturated carbocycles. The molecule has 2 heterocycles. The molecule has 0 spiro atoms. The molecule has 2 aromatic rings. The second-order valence-corrected chi connectivity index (χ2v) is 11.1. The van der Waals surface area contributed by atoms with Gasteiger partial charge in [-0.25, -0.2) is 9.97 Å². The Morgan fingerprint density at radius 1 is 0.800 bits per heavy atom. The van der Waals surface area contributed by atoms with Crippen LogP contribution in [0.2, 0.25) is 0 Å². The summed E-state index contributed by atoms with van der Waals surface area (Å²) in [5.74, 6) is 4.10. The van der Waals surface area contributed by atoms with Crippen LogP contribution in [0.1, 0.15) is 59.9 Å². The first kappa shape index (κ1) is 24.5. The van der Waals surface area contributed by atoms with E-state index in [0.29, 0.717) is 0 Å². The predicted octanol–water partition coefficient (Wildman–Crippen LogP) is 5.65. The van der Waals surface area contributed by atoms with Crippen LogP contribution < -0.4 is 10.6 Å². The molecule has 6 heteroatoms. The number of anilines is 2. The topological polar surface area (TPSA) is 53.1 Å². The summed E-state index contributed by atoms with van der Waals surface area (Å²) in [6, 6.07) is 12.5. The molecule has 0 aromatic carbocycles. The fourth-order valence-electron chi connectivity index (χ4n) is 3.05. The number of pyridine rings is 2. The Kier molecular flexibility index (Phi) is 8.98. The van der Waals surface area contributed by atoms with Crippen molar-refractivity contribution in [2.75, 3.05) is 28.7 Å². The first-order chi connectivity index (χ1) is 14.0. The van der Waals surface area contributed by atoms with Crippen LogP contribution in [-0.2, 0) is 13.1 Å². The van der Waals surface area contributed by atoms with Gasteiger partial charge >= 0.3 is 0 Å². The highest BCUT2D eigenvalue weighted by molar-refractivity contribution is 7.99. The van der Waals surface area contributed by atoms with Gasteiger partial charge in [0.2, 0.25) is 0 Å². The Balaban J connectivity index is 2.13. The lowest BCUT2D eigenvalue weighted by molar-refractivity contribution is 0.267. The standard InChI is InChI=1S/C24H39N5S/c1-8-30-16-15-29(17-19-11-9-13-21(25-19)27-23(2,3)4)18-20-12-10-14-22(26-20)28-24(5,6)7/h9-14H,8,15-18H2,1-7H3,(H,25,27)(H,26,28). The molecule has 0 unspecified atom stereocenters. The molecule has 0 bridgehead atoms. The van der Waals surface area contributed by atoms with E-state index in [4.69, 9.17) is 9.97 Å². The monoisotopic (exact) mass is 429 g/mol.